The van der Waals surface area contributed by atoms with Crippen molar-refractivity contribution in [3.8, 4) is 0 Å². The lowest BCUT2D eigenvalue weighted by Crippen LogP contribution is -2.19. The molecule has 2 nitrogen and oxygen atoms in total. The first-order valence-electron chi connectivity index (χ1n) is 6.58. The molecule has 5 heteroatoms. The molecule has 0 aromatic heterocycles. The second kappa shape index (κ2) is 7.12. The molecule has 0 unspecified atom stereocenters. The van der Waals surface area contributed by atoms with E-state index in [4.69, 9.17) is 35.4 Å². The molecule has 0 fully saturated rings. The minimum atomic E-state index is 0.471. The van der Waals surface area contributed by atoms with Gasteiger partial charge in [-0.15, -0.1) is 0 Å². The van der Waals surface area contributed by atoms with Crippen molar-refractivity contribution in [2.45, 2.75) is 19.8 Å². The third kappa shape index (κ3) is 4.60. The Morgan fingerprint density at radius 1 is 1.05 bits per heavy atom. The van der Waals surface area contributed by atoms with Crippen LogP contribution in [0.25, 0.3) is 0 Å². The molecule has 0 atom stereocenters. The van der Waals surface area contributed by atoms with Gasteiger partial charge in [-0.1, -0.05) is 49.2 Å². The van der Waals surface area contributed by atoms with E-state index in [0.717, 1.165) is 11.4 Å². The molecule has 110 valence electrons. The van der Waals surface area contributed by atoms with Gasteiger partial charge >= 0.3 is 0 Å². The summed E-state index contributed by atoms with van der Waals surface area (Å²) in [4.78, 5) is 0. The summed E-state index contributed by atoms with van der Waals surface area (Å²) in [6.07, 6.45) is 0. The molecular weight excluding hydrogens is 323 g/mol. The summed E-state index contributed by atoms with van der Waals surface area (Å²) in [5, 5.41) is 7.83. The molecule has 0 aliphatic rings. The quantitative estimate of drug-likeness (QED) is 0.678. The molecule has 0 amide bonds. The Hall–Kier alpha value is -1.29. The van der Waals surface area contributed by atoms with E-state index >= 15 is 0 Å². The molecule has 0 radical (unpaired) electrons. The summed E-state index contributed by atoms with van der Waals surface area (Å²) in [6.45, 7) is 4.31. The molecule has 2 aromatic carbocycles. The maximum absolute atomic E-state index is 6.11. The maximum Gasteiger partial charge on any atom is 0.175 e. The first-order valence-corrected chi connectivity index (χ1v) is 7.75. The minimum absolute atomic E-state index is 0.471. The summed E-state index contributed by atoms with van der Waals surface area (Å²) in [5.41, 5.74) is 2.93. The second-order valence-corrected chi connectivity index (χ2v) is 6.24. The Bertz CT molecular complexity index is 656. The van der Waals surface area contributed by atoms with Gasteiger partial charge in [0.2, 0.25) is 0 Å². The van der Waals surface area contributed by atoms with Crippen molar-refractivity contribution in [1.82, 2.24) is 0 Å². The molecule has 0 bridgehead atoms. The fourth-order valence-corrected chi connectivity index (χ4v) is 2.53. The van der Waals surface area contributed by atoms with E-state index in [9.17, 15) is 0 Å². The Balaban J connectivity index is 2.06. The number of nitrogens with one attached hydrogen (secondary N) is 2. The van der Waals surface area contributed by atoms with Crippen LogP contribution in [0.5, 0.6) is 0 Å². The van der Waals surface area contributed by atoms with Crippen molar-refractivity contribution in [1.29, 1.82) is 0 Å². The fourth-order valence-electron chi connectivity index (χ4n) is 1.85. The molecule has 0 saturated carbocycles. The van der Waals surface area contributed by atoms with Gasteiger partial charge in [0.05, 0.1) is 10.7 Å². The van der Waals surface area contributed by atoms with Gasteiger partial charge in [-0.05, 0) is 54.0 Å². The topological polar surface area (TPSA) is 24.1 Å². The van der Waals surface area contributed by atoms with Crippen LogP contribution in [0.3, 0.4) is 0 Å². The molecule has 2 rings (SSSR count). The van der Waals surface area contributed by atoms with Gasteiger partial charge < -0.3 is 10.6 Å². The van der Waals surface area contributed by atoms with E-state index in [1.54, 1.807) is 18.2 Å². The van der Waals surface area contributed by atoms with Gasteiger partial charge in [-0.2, -0.15) is 0 Å². The van der Waals surface area contributed by atoms with E-state index in [1.165, 1.54) is 5.56 Å². The third-order valence-corrected chi connectivity index (χ3v) is 3.74. The van der Waals surface area contributed by atoms with Crippen LogP contribution in [-0.2, 0) is 0 Å². The van der Waals surface area contributed by atoms with Crippen molar-refractivity contribution >= 4 is 51.9 Å². The summed E-state index contributed by atoms with van der Waals surface area (Å²) >= 11 is 17.3. The second-order valence-electron chi connectivity index (χ2n) is 4.98. The largest absolute Gasteiger partial charge is 0.332 e. The van der Waals surface area contributed by atoms with Gasteiger partial charge in [0.25, 0.3) is 0 Å². The number of anilines is 2. The first-order chi connectivity index (χ1) is 9.95. The normalized spacial score (nSPS) is 10.5. The standard InChI is InChI=1S/C16H16Cl2N2S/c1-10(2)11-4-3-5-13(8-11)19-16(21)20-15-7-6-12(17)9-14(15)18/h3-10H,1-2H3,(H2,19,20,21). The molecule has 0 heterocycles. The fraction of sp³-hybridized carbons (Fsp3) is 0.188. The van der Waals surface area contributed by atoms with Crippen LogP contribution in [0.15, 0.2) is 42.5 Å². The summed E-state index contributed by atoms with van der Waals surface area (Å²) < 4.78 is 0. The Morgan fingerprint density at radius 3 is 2.48 bits per heavy atom. The van der Waals surface area contributed by atoms with E-state index in [2.05, 4.69) is 36.6 Å². The Morgan fingerprint density at radius 2 is 1.81 bits per heavy atom. The lowest BCUT2D eigenvalue weighted by Gasteiger charge is -2.13. The zero-order chi connectivity index (χ0) is 15.4. The van der Waals surface area contributed by atoms with E-state index in [0.29, 0.717) is 21.1 Å². The number of hydrogen-bond donors (Lipinski definition) is 2. The van der Waals surface area contributed by atoms with Crippen molar-refractivity contribution in [2.75, 3.05) is 10.6 Å². The highest BCUT2D eigenvalue weighted by Crippen LogP contribution is 2.25. The lowest BCUT2D eigenvalue weighted by atomic mass is 10.0. The summed E-state index contributed by atoms with van der Waals surface area (Å²) in [5.74, 6) is 0.471. The van der Waals surface area contributed by atoms with E-state index in [1.807, 2.05) is 12.1 Å². The van der Waals surface area contributed by atoms with Crippen LogP contribution in [0.4, 0.5) is 11.4 Å². The number of halogens is 2. The van der Waals surface area contributed by atoms with Crippen molar-refractivity contribution < 1.29 is 0 Å². The van der Waals surface area contributed by atoms with Gasteiger partial charge in [0.15, 0.2) is 5.11 Å². The number of benzene rings is 2. The predicted octanol–water partition coefficient (Wildman–Crippen LogP) is 5.93. The number of hydrogen-bond acceptors (Lipinski definition) is 1. The molecule has 2 aromatic rings. The van der Waals surface area contributed by atoms with Gasteiger partial charge in [0, 0.05) is 10.7 Å². The van der Waals surface area contributed by atoms with Crippen LogP contribution >= 0.6 is 35.4 Å². The summed E-state index contributed by atoms with van der Waals surface area (Å²) in [6, 6.07) is 13.4. The van der Waals surface area contributed by atoms with Crippen molar-refractivity contribution in [3.05, 3.63) is 58.1 Å². The average molecular weight is 339 g/mol. The third-order valence-electron chi connectivity index (χ3n) is 2.99. The maximum atomic E-state index is 6.11. The molecule has 0 aliphatic carbocycles. The van der Waals surface area contributed by atoms with Crippen molar-refractivity contribution in [2.24, 2.45) is 0 Å². The van der Waals surface area contributed by atoms with Crippen LogP contribution < -0.4 is 10.6 Å². The van der Waals surface area contributed by atoms with E-state index in [-0.39, 0.29) is 0 Å². The highest BCUT2D eigenvalue weighted by atomic mass is 35.5. The van der Waals surface area contributed by atoms with Crippen LogP contribution in [0.1, 0.15) is 25.3 Å². The van der Waals surface area contributed by atoms with Crippen LogP contribution in [-0.4, -0.2) is 5.11 Å². The zero-order valence-corrected chi connectivity index (χ0v) is 14.1. The Kier molecular flexibility index (Phi) is 5.45. The SMILES string of the molecule is CC(C)c1cccc(NC(=S)Nc2ccc(Cl)cc2Cl)c1. The highest BCUT2D eigenvalue weighted by Gasteiger charge is 2.05. The molecule has 21 heavy (non-hydrogen) atoms. The molecule has 0 aliphatic heterocycles. The number of rotatable bonds is 3. The predicted molar refractivity (Wildman–Crippen MR) is 96.8 cm³/mol. The lowest BCUT2D eigenvalue weighted by molar-refractivity contribution is 0.867. The van der Waals surface area contributed by atoms with Gasteiger partial charge in [-0.25, -0.2) is 0 Å². The van der Waals surface area contributed by atoms with Crippen LogP contribution in [0.2, 0.25) is 10.0 Å². The Labute approximate surface area is 140 Å². The average Bonchev–Trinajstić information content (AvgIpc) is 2.42. The van der Waals surface area contributed by atoms with Crippen molar-refractivity contribution in [3.63, 3.8) is 0 Å². The molecule has 0 spiro atoms. The van der Waals surface area contributed by atoms with E-state index < -0.39 is 0 Å². The van der Waals surface area contributed by atoms with Crippen LogP contribution in [0, 0.1) is 0 Å². The number of thiocarbonyl (C=S) groups is 1. The molecule has 2 N–H and O–H groups in total. The van der Waals surface area contributed by atoms with Gasteiger partial charge in [-0.3, -0.25) is 0 Å². The molecule has 0 saturated heterocycles. The molecular formula is C16H16Cl2N2S. The highest BCUT2D eigenvalue weighted by molar-refractivity contribution is 7.80. The first kappa shape index (κ1) is 16.1. The smallest absolute Gasteiger partial charge is 0.175 e. The van der Waals surface area contributed by atoms with Gasteiger partial charge in [0.1, 0.15) is 0 Å². The minimum Gasteiger partial charge on any atom is -0.332 e. The zero-order valence-electron chi connectivity index (χ0n) is 11.8. The summed E-state index contributed by atoms with van der Waals surface area (Å²) in [7, 11) is 0. The monoisotopic (exact) mass is 338 g/mol.